The molecule has 1 fully saturated rings. The van der Waals surface area contributed by atoms with Crippen molar-refractivity contribution in [1.29, 1.82) is 0 Å². The molecule has 1 unspecified atom stereocenters. The fraction of sp³-hybridized carbons (Fsp3) is 0.409. The van der Waals surface area contributed by atoms with Gasteiger partial charge < -0.3 is 14.8 Å². The predicted octanol–water partition coefficient (Wildman–Crippen LogP) is 4.09. The van der Waals surface area contributed by atoms with Gasteiger partial charge in [-0.3, -0.25) is 4.79 Å². The van der Waals surface area contributed by atoms with E-state index in [1.54, 1.807) is 7.11 Å². The van der Waals surface area contributed by atoms with Crippen LogP contribution in [0.5, 0.6) is 11.5 Å². The molecule has 1 amide bonds. The molecule has 1 aliphatic rings. The molecule has 0 saturated heterocycles. The lowest BCUT2D eigenvalue weighted by atomic mass is 9.78. The number of hydrogen-bond acceptors (Lipinski definition) is 3. The number of carbonyl (C=O) groups is 1. The van der Waals surface area contributed by atoms with Crippen LogP contribution in [0.25, 0.3) is 0 Å². The van der Waals surface area contributed by atoms with Crippen LogP contribution < -0.4 is 14.8 Å². The molecule has 138 valence electrons. The Morgan fingerprint density at radius 1 is 1.04 bits per heavy atom. The summed E-state index contributed by atoms with van der Waals surface area (Å²) in [5.74, 6) is 1.68. The molecule has 0 aromatic heterocycles. The summed E-state index contributed by atoms with van der Waals surface area (Å²) in [5.41, 5.74) is 0.730. The van der Waals surface area contributed by atoms with Crippen molar-refractivity contribution in [3.8, 4) is 11.5 Å². The maximum atomic E-state index is 13.1. The number of amides is 1. The Morgan fingerprint density at radius 3 is 2.27 bits per heavy atom. The van der Waals surface area contributed by atoms with Crippen molar-refractivity contribution in [2.24, 2.45) is 0 Å². The molecular formula is C22H27NO3. The van der Waals surface area contributed by atoms with Gasteiger partial charge in [-0.15, -0.1) is 0 Å². The first-order chi connectivity index (χ1) is 12.6. The fourth-order valence-electron chi connectivity index (χ4n) is 3.68. The molecule has 0 spiro atoms. The number of rotatable bonds is 7. The van der Waals surface area contributed by atoms with Crippen molar-refractivity contribution >= 4 is 5.91 Å². The second-order valence-electron chi connectivity index (χ2n) is 7.02. The van der Waals surface area contributed by atoms with E-state index in [4.69, 9.17) is 9.47 Å². The monoisotopic (exact) mass is 353 g/mol. The lowest BCUT2D eigenvalue weighted by Crippen LogP contribution is -2.47. The fourth-order valence-corrected chi connectivity index (χ4v) is 3.68. The average Bonchev–Trinajstić information content (AvgIpc) is 3.19. The van der Waals surface area contributed by atoms with Crippen molar-refractivity contribution in [1.82, 2.24) is 5.32 Å². The third-order valence-corrected chi connectivity index (χ3v) is 5.16. The van der Waals surface area contributed by atoms with Crippen LogP contribution in [-0.2, 0) is 10.2 Å². The zero-order valence-electron chi connectivity index (χ0n) is 15.5. The van der Waals surface area contributed by atoms with E-state index in [-0.39, 0.29) is 11.9 Å². The third kappa shape index (κ3) is 4.01. The Bertz CT molecular complexity index is 706. The van der Waals surface area contributed by atoms with Crippen LogP contribution >= 0.6 is 0 Å². The Balaban J connectivity index is 1.60. The molecule has 0 bridgehead atoms. The van der Waals surface area contributed by atoms with Crippen LogP contribution in [0.3, 0.4) is 0 Å². The maximum absolute atomic E-state index is 13.1. The van der Waals surface area contributed by atoms with Crippen molar-refractivity contribution in [3.63, 3.8) is 0 Å². The quantitative estimate of drug-likeness (QED) is 0.815. The van der Waals surface area contributed by atoms with Gasteiger partial charge in [-0.25, -0.2) is 0 Å². The van der Waals surface area contributed by atoms with Crippen LogP contribution in [-0.4, -0.2) is 25.7 Å². The first kappa shape index (κ1) is 18.3. The molecule has 4 nitrogen and oxygen atoms in total. The van der Waals surface area contributed by atoms with Gasteiger partial charge in [-0.2, -0.15) is 0 Å². The summed E-state index contributed by atoms with van der Waals surface area (Å²) in [6.45, 7) is 2.41. The molecule has 1 N–H and O–H groups in total. The van der Waals surface area contributed by atoms with Gasteiger partial charge in [0.2, 0.25) is 5.91 Å². The molecule has 2 aromatic carbocycles. The Labute approximate surface area is 155 Å². The number of benzene rings is 2. The minimum atomic E-state index is -0.393. The van der Waals surface area contributed by atoms with E-state index < -0.39 is 5.41 Å². The highest BCUT2D eigenvalue weighted by Gasteiger charge is 2.42. The Morgan fingerprint density at radius 2 is 1.65 bits per heavy atom. The average molecular weight is 353 g/mol. The van der Waals surface area contributed by atoms with Gasteiger partial charge in [-0.1, -0.05) is 43.2 Å². The molecule has 1 saturated carbocycles. The lowest BCUT2D eigenvalue weighted by molar-refractivity contribution is -0.127. The normalized spacial score (nSPS) is 16.7. The van der Waals surface area contributed by atoms with Crippen LogP contribution in [0.1, 0.15) is 38.2 Å². The lowest BCUT2D eigenvalue weighted by Gasteiger charge is -2.30. The van der Waals surface area contributed by atoms with E-state index in [1.165, 1.54) is 0 Å². The molecule has 3 rings (SSSR count). The smallest absolute Gasteiger partial charge is 0.230 e. The SMILES string of the molecule is COc1ccc(OCC(C)NC(=O)C2(c3ccccc3)CCCC2)cc1. The summed E-state index contributed by atoms with van der Waals surface area (Å²) >= 11 is 0. The largest absolute Gasteiger partial charge is 0.497 e. The van der Waals surface area contributed by atoms with Gasteiger partial charge in [0.15, 0.2) is 0 Å². The number of carbonyl (C=O) groups excluding carboxylic acids is 1. The second-order valence-corrected chi connectivity index (χ2v) is 7.02. The predicted molar refractivity (Wildman–Crippen MR) is 103 cm³/mol. The van der Waals surface area contributed by atoms with Crippen LogP contribution in [0, 0.1) is 0 Å². The van der Waals surface area contributed by atoms with E-state index in [2.05, 4.69) is 17.4 Å². The van der Waals surface area contributed by atoms with E-state index in [0.717, 1.165) is 42.7 Å². The van der Waals surface area contributed by atoms with Gasteiger partial charge in [-0.05, 0) is 49.6 Å². The molecule has 2 aromatic rings. The highest BCUT2D eigenvalue weighted by Crippen LogP contribution is 2.41. The second kappa shape index (κ2) is 8.26. The van der Waals surface area contributed by atoms with Gasteiger partial charge in [0, 0.05) is 0 Å². The highest BCUT2D eigenvalue weighted by molar-refractivity contribution is 5.88. The number of hydrogen-bond donors (Lipinski definition) is 1. The minimum Gasteiger partial charge on any atom is -0.497 e. The standard InChI is InChI=1S/C22H27NO3/c1-17(16-26-20-12-10-19(25-2)11-13-20)23-21(24)22(14-6-7-15-22)18-8-4-3-5-9-18/h3-5,8-13,17H,6-7,14-16H2,1-2H3,(H,23,24). The van der Waals surface area contributed by atoms with Gasteiger partial charge in [0.1, 0.15) is 18.1 Å². The molecular weight excluding hydrogens is 326 g/mol. The van der Waals surface area contributed by atoms with Crippen molar-refractivity contribution in [2.45, 2.75) is 44.1 Å². The Hall–Kier alpha value is -2.49. The molecule has 4 heteroatoms. The first-order valence-electron chi connectivity index (χ1n) is 9.27. The molecule has 26 heavy (non-hydrogen) atoms. The molecule has 1 atom stereocenters. The minimum absolute atomic E-state index is 0.0641. The van der Waals surface area contributed by atoms with Crippen LogP contribution in [0.4, 0.5) is 0 Å². The van der Waals surface area contributed by atoms with Crippen molar-refractivity contribution < 1.29 is 14.3 Å². The van der Waals surface area contributed by atoms with E-state index in [9.17, 15) is 4.79 Å². The molecule has 0 heterocycles. The van der Waals surface area contributed by atoms with E-state index in [1.807, 2.05) is 49.4 Å². The maximum Gasteiger partial charge on any atom is 0.230 e. The summed E-state index contributed by atoms with van der Waals surface area (Å²) in [7, 11) is 1.64. The van der Waals surface area contributed by atoms with E-state index in [0.29, 0.717) is 6.61 Å². The first-order valence-corrected chi connectivity index (χ1v) is 9.27. The topological polar surface area (TPSA) is 47.6 Å². The summed E-state index contributed by atoms with van der Waals surface area (Å²) < 4.78 is 10.9. The molecule has 1 aliphatic carbocycles. The third-order valence-electron chi connectivity index (χ3n) is 5.16. The highest BCUT2D eigenvalue weighted by atomic mass is 16.5. The number of ether oxygens (including phenoxy) is 2. The zero-order valence-corrected chi connectivity index (χ0v) is 15.5. The molecule has 0 aliphatic heterocycles. The van der Waals surface area contributed by atoms with Crippen LogP contribution in [0.15, 0.2) is 54.6 Å². The van der Waals surface area contributed by atoms with E-state index >= 15 is 0 Å². The van der Waals surface area contributed by atoms with Crippen molar-refractivity contribution in [3.05, 3.63) is 60.2 Å². The zero-order chi connectivity index (χ0) is 18.4. The summed E-state index contributed by atoms with van der Waals surface area (Å²) in [6, 6.07) is 17.6. The van der Waals surface area contributed by atoms with Crippen LogP contribution in [0.2, 0.25) is 0 Å². The number of methoxy groups -OCH3 is 1. The summed E-state index contributed by atoms with van der Waals surface area (Å²) in [5, 5.41) is 3.17. The van der Waals surface area contributed by atoms with Gasteiger partial charge in [0.25, 0.3) is 0 Å². The number of nitrogens with one attached hydrogen (secondary N) is 1. The summed E-state index contributed by atoms with van der Waals surface area (Å²) in [6.07, 6.45) is 4.02. The van der Waals surface area contributed by atoms with Gasteiger partial charge in [0.05, 0.1) is 18.6 Å². The Kier molecular flexibility index (Phi) is 5.82. The van der Waals surface area contributed by atoms with Crippen molar-refractivity contribution in [2.75, 3.05) is 13.7 Å². The summed E-state index contributed by atoms with van der Waals surface area (Å²) in [4.78, 5) is 13.1. The van der Waals surface area contributed by atoms with Gasteiger partial charge >= 0.3 is 0 Å². The molecule has 0 radical (unpaired) electrons.